The fourth-order valence-electron chi connectivity index (χ4n) is 4.35. The van der Waals surface area contributed by atoms with Crippen molar-refractivity contribution in [2.24, 2.45) is 0 Å². The van der Waals surface area contributed by atoms with Gasteiger partial charge in [-0.1, -0.05) is 77.2 Å². The van der Waals surface area contributed by atoms with Gasteiger partial charge in [-0.3, -0.25) is 0 Å². The fraction of sp³-hybridized carbons (Fsp3) is 0.138. The van der Waals surface area contributed by atoms with E-state index in [9.17, 15) is 13.0 Å². The van der Waals surface area contributed by atoms with E-state index in [1.54, 1.807) is 12.1 Å². The van der Waals surface area contributed by atoms with Crippen molar-refractivity contribution in [3.8, 4) is 0 Å². The molecule has 4 aromatic carbocycles. The maximum Gasteiger partial charge on any atom is 0.265 e. The van der Waals surface area contributed by atoms with Gasteiger partial charge in [0.1, 0.15) is 21.4 Å². The number of hydrogen-bond donors (Lipinski definition) is 0. The Kier molecular flexibility index (Phi) is 7.09. The molecule has 1 aromatic heterocycles. The largest absolute Gasteiger partial charge is 0.744 e. The molecule has 5 nitrogen and oxygen atoms in total. The lowest BCUT2D eigenvalue weighted by Gasteiger charge is -2.12. The highest BCUT2D eigenvalue weighted by molar-refractivity contribution is 8.03. The van der Waals surface area contributed by atoms with Gasteiger partial charge in [0.15, 0.2) is 0 Å². The average molecular weight is 547 g/mol. The van der Waals surface area contributed by atoms with E-state index in [4.69, 9.17) is 0 Å². The van der Waals surface area contributed by atoms with Gasteiger partial charge in [-0.2, -0.15) is 4.57 Å². The molecule has 0 fully saturated rings. The van der Waals surface area contributed by atoms with Crippen molar-refractivity contribution in [1.29, 1.82) is 0 Å². The lowest BCUT2D eigenvalue weighted by molar-refractivity contribution is -0.664. The number of benzene rings is 4. The minimum absolute atomic E-state index is 0.178. The van der Waals surface area contributed by atoms with Gasteiger partial charge in [-0.25, -0.2) is 8.42 Å². The maximum atomic E-state index is 10.4. The van der Waals surface area contributed by atoms with Crippen molar-refractivity contribution in [2.75, 3.05) is 11.9 Å². The average Bonchev–Trinajstić information content (AvgIpc) is 3.41. The second-order valence-corrected chi connectivity index (χ2v) is 12.2. The summed E-state index contributed by atoms with van der Waals surface area (Å²) in [7, 11) is -2.11. The summed E-state index contributed by atoms with van der Waals surface area (Å²) in [5, 5.41) is 5.23. The first-order chi connectivity index (χ1) is 17.8. The second kappa shape index (κ2) is 10.3. The summed E-state index contributed by atoms with van der Waals surface area (Å²) in [5.74, 6) is 0. The molecule has 5 aromatic rings. The Labute approximate surface area is 225 Å². The van der Waals surface area contributed by atoms with Crippen LogP contribution in [0.5, 0.6) is 0 Å². The lowest BCUT2D eigenvalue weighted by atomic mass is 10.1. The topological polar surface area (TPSA) is 64.3 Å². The first-order valence-corrected chi connectivity index (χ1v) is 14.9. The number of rotatable bonds is 3. The van der Waals surface area contributed by atoms with Gasteiger partial charge in [0, 0.05) is 11.9 Å². The van der Waals surface area contributed by atoms with Crippen LogP contribution >= 0.6 is 23.1 Å². The minimum atomic E-state index is -4.27. The van der Waals surface area contributed by atoms with E-state index in [0.29, 0.717) is 0 Å². The molecule has 0 amide bonds. The van der Waals surface area contributed by atoms with Crippen molar-refractivity contribution in [3.05, 3.63) is 101 Å². The van der Waals surface area contributed by atoms with Crippen LogP contribution < -0.4 is 9.47 Å². The van der Waals surface area contributed by atoms with Gasteiger partial charge in [0.25, 0.3) is 5.01 Å². The zero-order valence-corrected chi connectivity index (χ0v) is 23.2. The summed E-state index contributed by atoms with van der Waals surface area (Å²) in [6, 6.07) is 27.6. The van der Waals surface area contributed by atoms with Crippen LogP contribution in [0.15, 0.2) is 99.7 Å². The van der Waals surface area contributed by atoms with Crippen molar-refractivity contribution >= 4 is 66.0 Å². The molecule has 0 radical (unpaired) electrons. The molecule has 2 heterocycles. The van der Waals surface area contributed by atoms with Gasteiger partial charge in [0.2, 0.25) is 5.52 Å². The highest BCUT2D eigenvalue weighted by atomic mass is 32.2. The zero-order valence-electron chi connectivity index (χ0n) is 20.7. The molecule has 1 aliphatic rings. The van der Waals surface area contributed by atoms with Crippen molar-refractivity contribution in [1.82, 2.24) is 0 Å². The molecule has 0 saturated heterocycles. The molecule has 1 aliphatic heterocycles. The molecule has 0 spiro atoms. The Bertz CT molecular complexity index is 1740. The molecule has 8 heteroatoms. The molecule has 0 N–H and O–H groups in total. The summed E-state index contributed by atoms with van der Waals surface area (Å²) in [6.07, 6.45) is 2.34. The smallest absolute Gasteiger partial charge is 0.265 e. The molecular formula is C29H26N2O3S3. The van der Waals surface area contributed by atoms with Crippen LogP contribution in [-0.2, 0) is 16.7 Å². The SMILES string of the molecule is CC[n+]1c(/C=C2/Sc3ccccc3N2C)sc2ccc3ccccc3c21.Cc1ccc(S(=O)(=O)[O-])cc1. The van der Waals surface area contributed by atoms with Crippen molar-refractivity contribution in [2.45, 2.75) is 30.2 Å². The number of anilines is 1. The van der Waals surface area contributed by atoms with E-state index in [2.05, 4.69) is 90.2 Å². The number of thioether (sulfide) groups is 1. The molecule has 6 rings (SSSR count). The summed E-state index contributed by atoms with van der Waals surface area (Å²) < 4.78 is 35.0. The molecule has 37 heavy (non-hydrogen) atoms. The highest BCUT2D eigenvalue weighted by Gasteiger charge is 2.25. The monoisotopic (exact) mass is 546 g/mol. The standard InChI is InChI=1S/C22H19N2S2.C7H8O3S/c1-3-24-21(14-20-23(2)17-10-6-7-11-18(17)25-20)26-19-13-12-15-8-4-5-9-16(15)22(19)24;1-6-2-4-7(5-3-6)11(8,9)10/h4-14H,3H2,1-2H3;2-5H,1H3,(H,8,9,10)/q+1;/p-1. The summed E-state index contributed by atoms with van der Waals surface area (Å²) >= 11 is 3.73. The fourth-order valence-corrected chi connectivity index (χ4v) is 7.16. The van der Waals surface area contributed by atoms with Gasteiger partial charge in [0.05, 0.1) is 27.1 Å². The molecule has 0 unspecified atom stereocenters. The number of thiazole rings is 1. The van der Waals surface area contributed by atoms with Crippen LogP contribution in [0.1, 0.15) is 17.5 Å². The van der Waals surface area contributed by atoms with E-state index in [1.807, 2.05) is 30.0 Å². The Morgan fingerprint density at radius 2 is 1.65 bits per heavy atom. The molecule has 0 atom stereocenters. The Morgan fingerprint density at radius 3 is 2.35 bits per heavy atom. The highest BCUT2D eigenvalue weighted by Crippen LogP contribution is 2.45. The predicted molar refractivity (Wildman–Crippen MR) is 153 cm³/mol. The van der Waals surface area contributed by atoms with Gasteiger partial charge >= 0.3 is 0 Å². The zero-order chi connectivity index (χ0) is 26.2. The number of para-hydroxylation sites is 1. The number of aryl methyl sites for hydroxylation is 2. The molecule has 188 valence electrons. The van der Waals surface area contributed by atoms with Crippen molar-refractivity contribution in [3.63, 3.8) is 0 Å². The molecule has 0 aliphatic carbocycles. The van der Waals surface area contributed by atoms with Crippen LogP contribution in [0.3, 0.4) is 0 Å². The van der Waals surface area contributed by atoms with E-state index in [1.165, 1.54) is 53.7 Å². The van der Waals surface area contributed by atoms with Crippen LogP contribution in [0.2, 0.25) is 0 Å². The summed E-state index contributed by atoms with van der Waals surface area (Å²) in [5.41, 5.74) is 3.57. The third kappa shape index (κ3) is 5.15. The molecular weight excluding hydrogens is 521 g/mol. The Balaban J connectivity index is 0.000000215. The van der Waals surface area contributed by atoms with Crippen LogP contribution in [0.25, 0.3) is 27.1 Å². The van der Waals surface area contributed by atoms with E-state index >= 15 is 0 Å². The summed E-state index contributed by atoms with van der Waals surface area (Å²) in [6.45, 7) is 5.02. The first kappa shape index (κ1) is 25.5. The van der Waals surface area contributed by atoms with Gasteiger partial charge in [-0.15, -0.1) is 0 Å². The van der Waals surface area contributed by atoms with Crippen LogP contribution in [0, 0.1) is 6.92 Å². The quantitative estimate of drug-likeness (QED) is 0.184. The maximum absolute atomic E-state index is 10.4. The Morgan fingerprint density at radius 1 is 0.946 bits per heavy atom. The van der Waals surface area contributed by atoms with Crippen molar-refractivity contribution < 1.29 is 17.5 Å². The number of aromatic nitrogens is 1. The minimum Gasteiger partial charge on any atom is -0.744 e. The summed E-state index contributed by atoms with van der Waals surface area (Å²) in [4.78, 5) is 3.45. The van der Waals surface area contributed by atoms with Gasteiger partial charge < -0.3 is 9.45 Å². The third-order valence-electron chi connectivity index (χ3n) is 6.26. The lowest BCUT2D eigenvalue weighted by Crippen LogP contribution is -2.33. The first-order valence-electron chi connectivity index (χ1n) is 11.8. The van der Waals surface area contributed by atoms with E-state index < -0.39 is 10.1 Å². The third-order valence-corrected chi connectivity index (χ3v) is 9.37. The van der Waals surface area contributed by atoms with Crippen LogP contribution in [0.4, 0.5) is 5.69 Å². The van der Waals surface area contributed by atoms with E-state index in [0.717, 1.165) is 12.1 Å². The number of hydrogen-bond acceptors (Lipinski definition) is 6. The Hall–Kier alpha value is -3.17. The van der Waals surface area contributed by atoms with E-state index in [-0.39, 0.29) is 4.90 Å². The normalized spacial score (nSPS) is 14.2. The number of fused-ring (bicyclic) bond motifs is 4. The van der Waals surface area contributed by atoms with Gasteiger partial charge in [-0.05, 0) is 55.6 Å². The van der Waals surface area contributed by atoms with Crippen LogP contribution in [-0.4, -0.2) is 20.0 Å². The second-order valence-electron chi connectivity index (χ2n) is 8.70. The predicted octanol–water partition coefficient (Wildman–Crippen LogP) is 6.80. The molecule has 0 bridgehead atoms. The number of nitrogens with zero attached hydrogens (tertiary/aromatic N) is 2. The molecule has 0 saturated carbocycles.